The van der Waals surface area contributed by atoms with Crippen LogP contribution >= 0.6 is 11.8 Å². The summed E-state index contributed by atoms with van der Waals surface area (Å²) in [6, 6.07) is 4.27. The third-order valence-corrected chi connectivity index (χ3v) is 6.39. The minimum Gasteiger partial charge on any atom is -0.444 e. The van der Waals surface area contributed by atoms with E-state index in [0.29, 0.717) is 16.5 Å². The molecule has 2 N–H and O–H groups in total. The minimum atomic E-state index is -0.717. The number of fused-ring (bicyclic) bond motifs is 4. The summed E-state index contributed by atoms with van der Waals surface area (Å²) < 4.78 is 20.0. The summed E-state index contributed by atoms with van der Waals surface area (Å²) in [5.74, 6) is -0.219. The van der Waals surface area contributed by atoms with E-state index in [0.717, 1.165) is 15.9 Å². The number of pyridine rings is 2. The molecule has 9 nitrogen and oxygen atoms in total. The van der Waals surface area contributed by atoms with Crippen molar-refractivity contribution in [3.63, 3.8) is 0 Å². The molecule has 0 spiro atoms. The lowest BCUT2D eigenvalue weighted by Gasteiger charge is -2.34. The van der Waals surface area contributed by atoms with Crippen molar-refractivity contribution in [1.29, 1.82) is 0 Å². The van der Waals surface area contributed by atoms with Crippen molar-refractivity contribution in [2.24, 2.45) is 0 Å². The van der Waals surface area contributed by atoms with Gasteiger partial charge < -0.3 is 19.9 Å². The number of hydrogen-bond donors (Lipinski definition) is 2. The van der Waals surface area contributed by atoms with Crippen molar-refractivity contribution < 1.29 is 13.9 Å². The third-order valence-electron chi connectivity index (χ3n) is 5.55. The quantitative estimate of drug-likeness (QED) is 0.523. The van der Waals surface area contributed by atoms with E-state index in [9.17, 15) is 14.0 Å². The molecular formula is C24H23FN6O3S. The Hall–Kier alpha value is -3.73. The Morgan fingerprint density at radius 2 is 2.06 bits per heavy atom. The van der Waals surface area contributed by atoms with E-state index < -0.39 is 35.2 Å². The zero-order valence-electron chi connectivity index (χ0n) is 19.5. The largest absolute Gasteiger partial charge is 0.444 e. The molecular weight excluding hydrogens is 471 g/mol. The lowest BCUT2D eigenvalue weighted by Crippen LogP contribution is -2.48. The molecule has 3 aromatic heterocycles. The molecule has 4 heterocycles. The molecule has 1 amide bonds. The highest BCUT2D eigenvalue weighted by Gasteiger charge is 2.41. The smallest absolute Gasteiger partial charge is 0.410 e. The van der Waals surface area contributed by atoms with Gasteiger partial charge >= 0.3 is 6.09 Å². The van der Waals surface area contributed by atoms with Gasteiger partial charge in [-0.2, -0.15) is 0 Å². The van der Waals surface area contributed by atoms with Crippen molar-refractivity contribution >= 4 is 40.3 Å². The average Bonchev–Trinajstić information content (AvgIpc) is 3.15. The van der Waals surface area contributed by atoms with Crippen LogP contribution in [0.3, 0.4) is 0 Å². The summed E-state index contributed by atoms with van der Waals surface area (Å²) >= 11 is 1.23. The van der Waals surface area contributed by atoms with Gasteiger partial charge in [-0.3, -0.25) is 14.8 Å². The molecule has 180 valence electrons. The number of halogens is 1. The molecule has 35 heavy (non-hydrogen) atoms. The van der Waals surface area contributed by atoms with Gasteiger partial charge in [0.25, 0.3) is 5.56 Å². The van der Waals surface area contributed by atoms with E-state index in [1.54, 1.807) is 33.2 Å². The predicted molar refractivity (Wildman–Crippen MR) is 131 cm³/mol. The van der Waals surface area contributed by atoms with E-state index in [4.69, 9.17) is 4.74 Å². The fraction of sp³-hybridized carbons (Fsp3) is 0.292. The summed E-state index contributed by atoms with van der Waals surface area (Å²) in [7, 11) is 1.54. The second kappa shape index (κ2) is 8.49. The fourth-order valence-corrected chi connectivity index (χ4v) is 4.81. The van der Waals surface area contributed by atoms with Crippen LogP contribution in [0.15, 0.2) is 63.4 Å². The first-order valence-electron chi connectivity index (χ1n) is 10.9. The Labute approximate surface area is 204 Å². The van der Waals surface area contributed by atoms with Crippen LogP contribution in [0.25, 0.3) is 16.6 Å². The molecule has 2 unspecified atom stereocenters. The topological polar surface area (TPSA) is 113 Å². The number of carbonyl (C=O) groups excluding carboxylic acids is 1. The van der Waals surface area contributed by atoms with Gasteiger partial charge in [0.2, 0.25) is 0 Å². The summed E-state index contributed by atoms with van der Waals surface area (Å²) in [6.07, 6.45) is 5.40. The maximum Gasteiger partial charge on any atom is 0.410 e. The maximum atomic E-state index is 14.6. The van der Waals surface area contributed by atoms with Gasteiger partial charge in [-0.1, -0.05) is 0 Å². The molecule has 2 aliphatic rings. The Bertz CT molecular complexity index is 1460. The van der Waals surface area contributed by atoms with Gasteiger partial charge in [0.1, 0.15) is 17.2 Å². The Kier molecular flexibility index (Phi) is 5.59. The molecule has 2 atom stereocenters. The van der Waals surface area contributed by atoms with Gasteiger partial charge in [-0.15, -0.1) is 0 Å². The van der Waals surface area contributed by atoms with E-state index in [-0.39, 0.29) is 5.56 Å². The summed E-state index contributed by atoms with van der Waals surface area (Å²) in [4.78, 5) is 43.8. The van der Waals surface area contributed by atoms with Crippen LogP contribution in [0.2, 0.25) is 0 Å². The number of nitrogens with one attached hydrogen (secondary N) is 2. The van der Waals surface area contributed by atoms with Crippen LogP contribution < -0.4 is 10.9 Å². The van der Waals surface area contributed by atoms with Crippen LogP contribution in [0.4, 0.5) is 15.0 Å². The number of likely N-dealkylation sites (N-methyl/N-ethyl adjacent to an activating group) is 1. The van der Waals surface area contributed by atoms with Crippen LogP contribution in [-0.2, 0) is 4.74 Å². The molecule has 0 bridgehead atoms. The van der Waals surface area contributed by atoms with Gasteiger partial charge in [0.15, 0.2) is 5.16 Å². The number of anilines is 1. The number of amides is 1. The number of hydrogen-bond acceptors (Lipinski definition) is 8. The van der Waals surface area contributed by atoms with E-state index >= 15 is 0 Å². The number of carbonyl (C=O) groups is 1. The maximum absolute atomic E-state index is 14.6. The molecule has 5 rings (SSSR count). The lowest BCUT2D eigenvalue weighted by atomic mass is 9.92. The molecule has 1 aliphatic heterocycles. The van der Waals surface area contributed by atoms with Gasteiger partial charge in [-0.25, -0.2) is 14.2 Å². The molecule has 11 heteroatoms. The number of rotatable bonds is 3. The molecule has 0 fully saturated rings. The highest BCUT2D eigenvalue weighted by molar-refractivity contribution is 7.99. The van der Waals surface area contributed by atoms with Crippen molar-refractivity contribution in [3.8, 4) is 0 Å². The minimum absolute atomic E-state index is 0.253. The number of aromatic amines is 1. The second-order valence-corrected chi connectivity index (χ2v) is 10.3. The monoisotopic (exact) mass is 494 g/mol. The average molecular weight is 495 g/mol. The highest BCUT2D eigenvalue weighted by atomic mass is 32.2. The number of H-pyrrole nitrogens is 1. The van der Waals surface area contributed by atoms with Crippen LogP contribution in [-0.4, -0.2) is 55.7 Å². The van der Waals surface area contributed by atoms with Crippen molar-refractivity contribution in [2.75, 3.05) is 12.4 Å². The molecule has 0 radical (unpaired) electrons. The summed E-state index contributed by atoms with van der Waals surface area (Å²) in [5, 5.41) is 3.55. The zero-order chi connectivity index (χ0) is 24.9. The molecule has 0 aromatic carbocycles. The third kappa shape index (κ3) is 4.51. The first kappa shape index (κ1) is 23.0. The Balaban J connectivity index is 1.44. The molecule has 3 aromatic rings. The summed E-state index contributed by atoms with van der Waals surface area (Å²) in [6.45, 7) is 5.28. The van der Waals surface area contributed by atoms with Crippen LogP contribution in [0.5, 0.6) is 0 Å². The van der Waals surface area contributed by atoms with E-state index in [2.05, 4.69) is 25.3 Å². The Morgan fingerprint density at radius 3 is 2.83 bits per heavy atom. The Morgan fingerprint density at radius 1 is 1.26 bits per heavy atom. The van der Waals surface area contributed by atoms with E-state index in [1.807, 2.05) is 18.2 Å². The zero-order valence-corrected chi connectivity index (χ0v) is 20.3. The van der Waals surface area contributed by atoms with Crippen molar-refractivity contribution in [2.45, 2.75) is 48.5 Å². The van der Waals surface area contributed by atoms with Gasteiger partial charge in [-0.05, 0) is 68.5 Å². The van der Waals surface area contributed by atoms with Crippen LogP contribution in [0, 0.1) is 0 Å². The predicted octanol–water partition coefficient (Wildman–Crippen LogP) is 4.14. The highest BCUT2D eigenvalue weighted by Crippen LogP contribution is 2.39. The number of nitrogens with zero attached hydrogens (tertiary/aromatic N) is 4. The fourth-order valence-electron chi connectivity index (χ4n) is 4.03. The SMILES string of the molecule is CN(C(=O)OC(C)(C)C)C1C=C(F)C=C2c3c(nc(Sc4cnc5cccnc5c4)[nH]c3=O)NC21. The molecule has 0 saturated carbocycles. The van der Waals surface area contributed by atoms with Gasteiger partial charge in [0.05, 0.1) is 28.7 Å². The molecule has 1 aliphatic carbocycles. The number of allylic oxidation sites excluding steroid dienone is 2. The number of ether oxygens (including phenoxy) is 1. The number of aromatic nitrogens is 4. The first-order valence-corrected chi connectivity index (χ1v) is 11.8. The van der Waals surface area contributed by atoms with Crippen molar-refractivity contribution in [1.82, 2.24) is 24.8 Å². The second-order valence-electron chi connectivity index (χ2n) is 9.26. The summed E-state index contributed by atoms with van der Waals surface area (Å²) in [5.41, 5.74) is 1.07. The van der Waals surface area contributed by atoms with Crippen molar-refractivity contribution in [3.05, 3.63) is 64.5 Å². The standard InChI is InChI=1S/C24H23FN6O3S/c1-24(2,3)34-23(33)31(4)17-9-12(25)8-14-18-20(28-19(14)17)29-22(30-21(18)32)35-13-10-16-15(27-11-13)6-5-7-26-16/h5-11,17,19H,1-4H3,(H2,28,29,30,32). The van der Waals surface area contributed by atoms with E-state index in [1.165, 1.54) is 35.9 Å². The van der Waals surface area contributed by atoms with Gasteiger partial charge in [0, 0.05) is 24.3 Å². The first-order chi connectivity index (χ1) is 16.6. The molecule has 0 saturated heterocycles. The lowest BCUT2D eigenvalue weighted by molar-refractivity contribution is 0.0251. The normalized spacial score (nSPS) is 18.8. The van der Waals surface area contributed by atoms with Crippen LogP contribution in [0.1, 0.15) is 26.3 Å².